The molecule has 1 aliphatic rings. The smallest absolute Gasteiger partial charge is 0.310 e. The summed E-state index contributed by atoms with van der Waals surface area (Å²) in [6.07, 6.45) is -2.33. The maximum absolute atomic E-state index is 13.2. The van der Waals surface area contributed by atoms with Crippen molar-refractivity contribution in [2.75, 3.05) is 5.32 Å². The van der Waals surface area contributed by atoms with Gasteiger partial charge >= 0.3 is 5.97 Å². The molecule has 0 radical (unpaired) electrons. The molecular weight excluding hydrogens is 432 g/mol. The number of amides is 2. The Balaban J connectivity index is 1.40. The first-order chi connectivity index (χ1) is 16.5. The largest absolute Gasteiger partial charge is 0.478 e. The van der Waals surface area contributed by atoms with Crippen LogP contribution in [0.4, 0.5) is 5.69 Å². The lowest BCUT2D eigenvalue weighted by atomic mass is 10.1. The predicted octanol–water partition coefficient (Wildman–Crippen LogP) is 3.94. The second kappa shape index (κ2) is 10.7. The summed E-state index contributed by atoms with van der Waals surface area (Å²) in [6, 6.07) is 26.2. The van der Waals surface area contributed by atoms with Gasteiger partial charge in [0.2, 0.25) is 0 Å². The van der Waals surface area contributed by atoms with Gasteiger partial charge in [0, 0.05) is 13.1 Å². The number of anilines is 1. The van der Waals surface area contributed by atoms with Crippen molar-refractivity contribution in [3.63, 3.8) is 0 Å². The third kappa shape index (κ3) is 5.81. The minimum atomic E-state index is -1.02. The van der Waals surface area contributed by atoms with Crippen LogP contribution >= 0.6 is 0 Å². The van der Waals surface area contributed by atoms with Gasteiger partial charge in [-0.1, -0.05) is 72.8 Å². The molecule has 3 aromatic rings. The SMILES string of the molecule is CC(OC(=O)CC1Oc2ccccc2NC1=O)C(=O)N(Cc1ccccc1)Cc1ccccc1. The van der Waals surface area contributed by atoms with E-state index in [-0.39, 0.29) is 12.3 Å². The van der Waals surface area contributed by atoms with Gasteiger partial charge in [0.1, 0.15) is 5.75 Å². The monoisotopic (exact) mass is 458 g/mol. The average Bonchev–Trinajstić information content (AvgIpc) is 2.85. The Morgan fingerprint density at radius 3 is 2.09 bits per heavy atom. The molecule has 0 bridgehead atoms. The molecule has 7 nitrogen and oxygen atoms in total. The fourth-order valence-corrected chi connectivity index (χ4v) is 3.75. The van der Waals surface area contributed by atoms with Crippen LogP contribution in [0, 0.1) is 0 Å². The van der Waals surface area contributed by atoms with E-state index < -0.39 is 24.1 Å². The lowest BCUT2D eigenvalue weighted by molar-refractivity contribution is -0.161. The molecule has 2 atom stereocenters. The molecule has 0 aromatic heterocycles. The number of hydrogen-bond acceptors (Lipinski definition) is 5. The predicted molar refractivity (Wildman–Crippen MR) is 127 cm³/mol. The molecule has 1 heterocycles. The Bertz CT molecular complexity index is 1110. The van der Waals surface area contributed by atoms with Crippen LogP contribution in [0.2, 0.25) is 0 Å². The van der Waals surface area contributed by atoms with E-state index in [1.807, 2.05) is 60.7 Å². The van der Waals surface area contributed by atoms with Gasteiger partial charge in [-0.3, -0.25) is 14.4 Å². The van der Waals surface area contributed by atoms with Gasteiger partial charge in [0.25, 0.3) is 11.8 Å². The number of nitrogens with one attached hydrogen (secondary N) is 1. The third-order valence-corrected chi connectivity index (χ3v) is 5.46. The number of carbonyl (C=O) groups is 3. The molecule has 1 N–H and O–H groups in total. The van der Waals surface area contributed by atoms with Gasteiger partial charge < -0.3 is 19.7 Å². The summed E-state index contributed by atoms with van der Waals surface area (Å²) < 4.78 is 11.1. The van der Waals surface area contributed by atoms with Gasteiger partial charge in [-0.2, -0.15) is 0 Å². The van der Waals surface area contributed by atoms with E-state index in [1.165, 1.54) is 0 Å². The van der Waals surface area contributed by atoms with Crippen LogP contribution < -0.4 is 10.1 Å². The molecule has 3 aromatic carbocycles. The van der Waals surface area contributed by atoms with Crippen LogP contribution in [0.5, 0.6) is 5.75 Å². The zero-order valence-corrected chi connectivity index (χ0v) is 18.8. The number of esters is 1. The van der Waals surface area contributed by atoms with Crippen LogP contribution in [-0.4, -0.2) is 34.9 Å². The van der Waals surface area contributed by atoms with Gasteiger partial charge in [0.15, 0.2) is 12.2 Å². The Labute approximate surface area is 198 Å². The van der Waals surface area contributed by atoms with Crippen LogP contribution in [0.25, 0.3) is 0 Å². The van der Waals surface area contributed by atoms with E-state index in [2.05, 4.69) is 5.32 Å². The maximum atomic E-state index is 13.2. The van der Waals surface area contributed by atoms with Crippen molar-refractivity contribution >= 4 is 23.5 Å². The zero-order chi connectivity index (χ0) is 23.9. The standard InChI is InChI=1S/C27H26N2O5/c1-19(33-25(30)16-24-26(31)28-22-14-8-9-15-23(22)34-24)27(32)29(17-20-10-4-2-5-11-20)18-21-12-6-3-7-13-21/h2-15,19,24H,16-18H2,1H3,(H,28,31). The number of hydrogen-bond donors (Lipinski definition) is 1. The van der Waals surface area contributed by atoms with Crippen molar-refractivity contribution < 1.29 is 23.9 Å². The molecule has 34 heavy (non-hydrogen) atoms. The number of fused-ring (bicyclic) bond motifs is 1. The lowest BCUT2D eigenvalue weighted by Crippen LogP contribution is -2.42. The molecule has 174 valence electrons. The summed E-state index contributed by atoms with van der Waals surface area (Å²) in [6.45, 7) is 2.29. The first-order valence-electron chi connectivity index (χ1n) is 11.1. The number of rotatable bonds is 8. The number of carbonyl (C=O) groups excluding carboxylic acids is 3. The quantitative estimate of drug-likeness (QED) is 0.517. The van der Waals surface area contributed by atoms with Crippen molar-refractivity contribution in [1.29, 1.82) is 0 Å². The van der Waals surface area contributed by atoms with Crippen LogP contribution in [0.3, 0.4) is 0 Å². The Morgan fingerprint density at radius 1 is 0.912 bits per heavy atom. The fraction of sp³-hybridized carbons (Fsp3) is 0.222. The van der Waals surface area contributed by atoms with Crippen LogP contribution in [-0.2, 0) is 32.2 Å². The molecule has 7 heteroatoms. The topological polar surface area (TPSA) is 84.9 Å². The molecule has 0 aliphatic carbocycles. The summed E-state index contributed by atoms with van der Waals surface area (Å²) in [5, 5.41) is 2.72. The first-order valence-corrected chi connectivity index (χ1v) is 11.1. The summed E-state index contributed by atoms with van der Waals surface area (Å²) in [7, 11) is 0. The summed E-state index contributed by atoms with van der Waals surface area (Å²) >= 11 is 0. The highest BCUT2D eigenvalue weighted by molar-refractivity contribution is 5.99. The first kappa shape index (κ1) is 23.0. The highest BCUT2D eigenvalue weighted by atomic mass is 16.6. The van der Waals surface area contributed by atoms with Gasteiger partial charge in [-0.05, 0) is 30.2 Å². The highest BCUT2D eigenvalue weighted by Crippen LogP contribution is 2.29. The van der Waals surface area contributed by atoms with Crippen LogP contribution in [0.15, 0.2) is 84.9 Å². The maximum Gasteiger partial charge on any atom is 0.310 e. The Hall–Kier alpha value is -4.13. The van der Waals surface area contributed by atoms with Gasteiger partial charge in [0.05, 0.1) is 12.1 Å². The highest BCUT2D eigenvalue weighted by Gasteiger charge is 2.32. The lowest BCUT2D eigenvalue weighted by Gasteiger charge is -2.27. The average molecular weight is 459 g/mol. The number of ether oxygens (including phenoxy) is 2. The summed E-state index contributed by atoms with van der Waals surface area (Å²) in [5.41, 5.74) is 2.49. The molecule has 2 unspecified atom stereocenters. The van der Waals surface area contributed by atoms with E-state index in [4.69, 9.17) is 9.47 Å². The van der Waals surface area contributed by atoms with E-state index in [1.54, 1.807) is 36.1 Å². The Morgan fingerprint density at radius 2 is 1.47 bits per heavy atom. The second-order valence-corrected chi connectivity index (χ2v) is 8.09. The van der Waals surface area contributed by atoms with Gasteiger partial charge in [-0.15, -0.1) is 0 Å². The molecule has 0 saturated heterocycles. The zero-order valence-electron chi connectivity index (χ0n) is 18.8. The third-order valence-electron chi connectivity index (χ3n) is 5.46. The Kier molecular flexibility index (Phi) is 7.22. The molecule has 0 fully saturated rings. The van der Waals surface area contributed by atoms with Crippen molar-refractivity contribution in [2.24, 2.45) is 0 Å². The van der Waals surface area contributed by atoms with Gasteiger partial charge in [-0.25, -0.2) is 0 Å². The summed E-state index contributed by atoms with van der Waals surface area (Å²) in [5.74, 6) is -0.939. The second-order valence-electron chi connectivity index (χ2n) is 8.09. The van der Waals surface area contributed by atoms with E-state index in [9.17, 15) is 14.4 Å². The summed E-state index contributed by atoms with van der Waals surface area (Å²) in [4.78, 5) is 39.8. The van der Waals surface area contributed by atoms with E-state index >= 15 is 0 Å². The number of benzene rings is 3. The minimum Gasteiger partial charge on any atom is -0.478 e. The molecule has 0 spiro atoms. The number of para-hydroxylation sites is 2. The van der Waals surface area contributed by atoms with Crippen molar-refractivity contribution in [2.45, 2.75) is 38.6 Å². The van der Waals surface area contributed by atoms with Crippen molar-refractivity contribution in [3.05, 3.63) is 96.1 Å². The minimum absolute atomic E-state index is 0.296. The van der Waals surface area contributed by atoms with Crippen molar-refractivity contribution in [1.82, 2.24) is 4.90 Å². The molecule has 0 saturated carbocycles. The molecular formula is C27H26N2O5. The van der Waals surface area contributed by atoms with Crippen LogP contribution in [0.1, 0.15) is 24.5 Å². The molecule has 1 aliphatic heterocycles. The van der Waals surface area contributed by atoms with E-state index in [0.29, 0.717) is 24.5 Å². The fourth-order valence-electron chi connectivity index (χ4n) is 3.75. The molecule has 2 amide bonds. The van der Waals surface area contributed by atoms with E-state index in [0.717, 1.165) is 11.1 Å². The molecule has 4 rings (SSSR count). The van der Waals surface area contributed by atoms with Crippen molar-refractivity contribution in [3.8, 4) is 5.75 Å². The number of nitrogens with zero attached hydrogens (tertiary/aromatic N) is 1. The normalized spacial score (nSPS) is 15.3.